The van der Waals surface area contributed by atoms with E-state index in [1.165, 1.54) is 12.1 Å². The van der Waals surface area contributed by atoms with E-state index in [9.17, 15) is 4.79 Å². The Morgan fingerprint density at radius 1 is 1.48 bits per heavy atom. The summed E-state index contributed by atoms with van der Waals surface area (Å²) in [6, 6.07) is 3.04. The van der Waals surface area contributed by atoms with Crippen molar-refractivity contribution in [1.82, 2.24) is 10.1 Å². The second kappa shape index (κ2) is 6.60. The number of benzene rings is 1. The van der Waals surface area contributed by atoms with Crippen LogP contribution in [0.1, 0.15) is 17.3 Å². The van der Waals surface area contributed by atoms with Crippen LogP contribution >= 0.6 is 23.2 Å². The zero-order valence-corrected chi connectivity index (χ0v) is 12.4. The Balaban J connectivity index is 2.26. The summed E-state index contributed by atoms with van der Waals surface area (Å²) in [6.07, 6.45) is 2.31. The molecule has 6 nitrogen and oxygen atoms in total. The lowest BCUT2D eigenvalue weighted by molar-refractivity contribution is -0.131. The Labute approximate surface area is 129 Å². The van der Waals surface area contributed by atoms with Crippen molar-refractivity contribution in [3.8, 4) is 5.75 Å². The van der Waals surface area contributed by atoms with Crippen LogP contribution in [0.5, 0.6) is 5.75 Å². The Kier molecular flexibility index (Phi) is 4.82. The molecule has 1 aromatic carbocycles. The summed E-state index contributed by atoms with van der Waals surface area (Å²) < 4.78 is 10.4. The molecule has 0 spiro atoms. The molecule has 0 saturated heterocycles. The van der Waals surface area contributed by atoms with Gasteiger partial charge in [-0.2, -0.15) is 4.98 Å². The van der Waals surface area contributed by atoms with Gasteiger partial charge in [-0.3, -0.25) is 0 Å². The molecule has 0 amide bonds. The van der Waals surface area contributed by atoms with Crippen molar-refractivity contribution >= 4 is 35.2 Å². The molecule has 0 fully saturated rings. The average Bonchev–Trinajstić information content (AvgIpc) is 2.80. The molecule has 0 unspecified atom stereocenters. The summed E-state index contributed by atoms with van der Waals surface area (Å²) >= 11 is 12.0. The van der Waals surface area contributed by atoms with Crippen LogP contribution in [0.15, 0.2) is 22.7 Å². The highest BCUT2D eigenvalue weighted by atomic mass is 35.5. The highest BCUT2D eigenvalue weighted by molar-refractivity contribution is 6.35. The first kappa shape index (κ1) is 15.3. The number of carboxylic acids is 1. The number of hydrogen-bond acceptors (Lipinski definition) is 5. The number of carboxylic acid groups (broad SMARTS) is 1. The van der Waals surface area contributed by atoms with Gasteiger partial charge >= 0.3 is 5.97 Å². The van der Waals surface area contributed by atoms with E-state index in [0.29, 0.717) is 16.4 Å². The lowest BCUT2D eigenvalue weighted by atomic mass is 10.2. The molecule has 8 heteroatoms. The van der Waals surface area contributed by atoms with E-state index in [-0.39, 0.29) is 23.3 Å². The molecule has 21 heavy (non-hydrogen) atoms. The molecule has 0 radical (unpaired) electrons. The second-order valence-electron chi connectivity index (χ2n) is 4.00. The fourth-order valence-corrected chi connectivity index (χ4v) is 2.11. The summed E-state index contributed by atoms with van der Waals surface area (Å²) in [5, 5.41) is 12.9. The van der Waals surface area contributed by atoms with Gasteiger partial charge in [-0.1, -0.05) is 28.4 Å². The van der Waals surface area contributed by atoms with Gasteiger partial charge in [-0.05, 0) is 25.1 Å². The third kappa shape index (κ3) is 4.21. The van der Waals surface area contributed by atoms with Crippen LogP contribution in [0.4, 0.5) is 0 Å². The van der Waals surface area contributed by atoms with E-state index in [2.05, 4.69) is 10.1 Å². The van der Waals surface area contributed by atoms with Gasteiger partial charge in [0.15, 0.2) is 12.4 Å². The first-order valence-corrected chi connectivity index (χ1v) is 6.53. The average molecular weight is 329 g/mol. The highest BCUT2D eigenvalue weighted by Gasteiger charge is 2.11. The molecule has 1 N–H and O–H groups in total. The Morgan fingerprint density at radius 2 is 2.24 bits per heavy atom. The Morgan fingerprint density at radius 3 is 2.86 bits per heavy atom. The topological polar surface area (TPSA) is 85.5 Å². The van der Waals surface area contributed by atoms with Crippen molar-refractivity contribution in [2.45, 2.75) is 13.5 Å². The predicted molar refractivity (Wildman–Crippen MR) is 76.5 cm³/mol. The predicted octanol–water partition coefficient (Wildman–Crippen LogP) is 3.36. The fraction of sp³-hybridized carbons (Fsp3) is 0.154. The number of hydrogen-bond donors (Lipinski definition) is 1. The van der Waals surface area contributed by atoms with Gasteiger partial charge in [0.2, 0.25) is 0 Å². The largest absolute Gasteiger partial charge is 0.482 e. The SMILES string of the molecule is Cc1noc(COc2c(Cl)cc(Cl)cc2/C=C/C(=O)O)n1. The first-order chi connectivity index (χ1) is 9.95. The van der Waals surface area contributed by atoms with Crippen LogP contribution in [0.3, 0.4) is 0 Å². The zero-order valence-electron chi connectivity index (χ0n) is 10.8. The minimum atomic E-state index is -1.09. The van der Waals surface area contributed by atoms with Crippen molar-refractivity contribution in [2.75, 3.05) is 0 Å². The number of ether oxygens (including phenoxy) is 1. The van der Waals surface area contributed by atoms with Gasteiger partial charge in [-0.25, -0.2) is 4.79 Å². The monoisotopic (exact) mass is 328 g/mol. The molecule has 1 aromatic heterocycles. The third-order valence-corrected chi connectivity index (χ3v) is 2.85. The maximum absolute atomic E-state index is 10.6. The molecule has 0 aliphatic carbocycles. The number of halogens is 2. The molecule has 2 aromatic rings. The molecule has 0 aliphatic heterocycles. The van der Waals surface area contributed by atoms with Crippen LogP contribution in [0.25, 0.3) is 6.08 Å². The van der Waals surface area contributed by atoms with E-state index in [0.717, 1.165) is 6.08 Å². The third-order valence-electron chi connectivity index (χ3n) is 2.35. The number of aliphatic carboxylic acids is 1. The summed E-state index contributed by atoms with van der Waals surface area (Å²) in [5.74, 6) is -0.0347. The minimum Gasteiger partial charge on any atom is -0.482 e. The Bertz CT molecular complexity index is 697. The van der Waals surface area contributed by atoms with Gasteiger partial charge in [0.25, 0.3) is 5.89 Å². The molecule has 0 atom stereocenters. The number of aryl methyl sites for hydroxylation is 1. The van der Waals surface area contributed by atoms with Crippen molar-refractivity contribution < 1.29 is 19.2 Å². The maximum Gasteiger partial charge on any atom is 0.328 e. The molecule has 0 aliphatic rings. The van der Waals surface area contributed by atoms with E-state index < -0.39 is 5.97 Å². The molecular weight excluding hydrogens is 319 g/mol. The van der Waals surface area contributed by atoms with Crippen LogP contribution in [0, 0.1) is 6.92 Å². The number of rotatable bonds is 5. The van der Waals surface area contributed by atoms with Crippen LogP contribution in [-0.2, 0) is 11.4 Å². The van der Waals surface area contributed by atoms with E-state index in [4.69, 9.17) is 37.6 Å². The first-order valence-electron chi connectivity index (χ1n) is 5.77. The number of aromatic nitrogens is 2. The molecular formula is C13H10Cl2N2O4. The van der Waals surface area contributed by atoms with Crippen LogP contribution in [-0.4, -0.2) is 21.2 Å². The summed E-state index contributed by atoms with van der Waals surface area (Å²) in [6.45, 7) is 1.69. The summed E-state index contributed by atoms with van der Waals surface area (Å²) in [5.41, 5.74) is 0.436. The normalized spacial score (nSPS) is 11.0. The summed E-state index contributed by atoms with van der Waals surface area (Å²) in [7, 11) is 0. The molecule has 0 bridgehead atoms. The summed E-state index contributed by atoms with van der Waals surface area (Å²) in [4.78, 5) is 14.6. The lowest BCUT2D eigenvalue weighted by Gasteiger charge is -2.10. The molecule has 2 rings (SSSR count). The molecule has 110 valence electrons. The van der Waals surface area contributed by atoms with Gasteiger partial charge in [-0.15, -0.1) is 0 Å². The standard InChI is InChI=1S/C13H10Cl2N2O4/c1-7-16-11(21-17-7)6-20-13-8(2-3-12(18)19)4-9(14)5-10(13)15/h2-5H,6H2,1H3,(H,18,19)/b3-2+. The van der Waals surface area contributed by atoms with E-state index in [1.54, 1.807) is 13.0 Å². The van der Waals surface area contributed by atoms with Crippen LogP contribution in [0.2, 0.25) is 10.0 Å². The van der Waals surface area contributed by atoms with E-state index >= 15 is 0 Å². The second-order valence-corrected chi connectivity index (χ2v) is 4.85. The van der Waals surface area contributed by atoms with E-state index in [1.807, 2.05) is 0 Å². The van der Waals surface area contributed by atoms with Crippen molar-refractivity contribution in [3.63, 3.8) is 0 Å². The lowest BCUT2D eigenvalue weighted by Crippen LogP contribution is -1.98. The quantitative estimate of drug-likeness (QED) is 0.847. The van der Waals surface area contributed by atoms with Crippen LogP contribution < -0.4 is 4.74 Å². The smallest absolute Gasteiger partial charge is 0.328 e. The maximum atomic E-state index is 10.6. The van der Waals surface area contributed by atoms with Crippen molar-refractivity contribution in [3.05, 3.63) is 45.5 Å². The molecule has 0 saturated carbocycles. The van der Waals surface area contributed by atoms with Gasteiger partial charge in [0.1, 0.15) is 5.75 Å². The highest BCUT2D eigenvalue weighted by Crippen LogP contribution is 2.33. The number of nitrogens with zero attached hydrogens (tertiary/aromatic N) is 2. The zero-order chi connectivity index (χ0) is 15.4. The van der Waals surface area contributed by atoms with Gasteiger partial charge < -0.3 is 14.4 Å². The fourth-order valence-electron chi connectivity index (χ4n) is 1.55. The minimum absolute atomic E-state index is 0.0100. The molecule has 1 heterocycles. The van der Waals surface area contributed by atoms with Crippen molar-refractivity contribution in [1.29, 1.82) is 0 Å². The van der Waals surface area contributed by atoms with Gasteiger partial charge in [0, 0.05) is 16.7 Å². The number of carbonyl (C=O) groups is 1. The van der Waals surface area contributed by atoms with Crippen molar-refractivity contribution in [2.24, 2.45) is 0 Å². The van der Waals surface area contributed by atoms with Gasteiger partial charge in [0.05, 0.1) is 5.02 Å². The Hall–Kier alpha value is -2.05.